The molecular weight excluding hydrogens is 428 g/mol. The SMILES string of the molecule is O=C([C@@H](Cc1ccccc1)NS(=O)(=O)c1ccc(Br)cc1)N1CCCCC1. The fourth-order valence-corrected chi connectivity index (χ4v) is 4.69. The molecule has 1 aliphatic heterocycles. The van der Waals surface area contributed by atoms with Gasteiger partial charge in [0.25, 0.3) is 0 Å². The molecule has 1 saturated heterocycles. The van der Waals surface area contributed by atoms with Gasteiger partial charge in [0.1, 0.15) is 6.04 Å². The Morgan fingerprint density at radius 1 is 1.00 bits per heavy atom. The van der Waals surface area contributed by atoms with Crippen LogP contribution < -0.4 is 4.72 Å². The zero-order chi connectivity index (χ0) is 19.3. The first kappa shape index (κ1) is 20.0. The second-order valence-electron chi connectivity index (χ2n) is 6.70. The number of nitrogens with zero attached hydrogens (tertiary/aromatic N) is 1. The molecule has 1 amide bonds. The fourth-order valence-electron chi connectivity index (χ4n) is 3.23. The van der Waals surface area contributed by atoms with Gasteiger partial charge < -0.3 is 4.90 Å². The van der Waals surface area contributed by atoms with Crippen molar-refractivity contribution in [2.45, 2.75) is 36.6 Å². The van der Waals surface area contributed by atoms with Crippen molar-refractivity contribution >= 4 is 31.9 Å². The molecule has 0 unspecified atom stereocenters. The van der Waals surface area contributed by atoms with Crippen molar-refractivity contribution in [3.63, 3.8) is 0 Å². The minimum absolute atomic E-state index is 0.148. The van der Waals surface area contributed by atoms with Crippen LogP contribution in [0.2, 0.25) is 0 Å². The summed E-state index contributed by atoms with van der Waals surface area (Å²) in [5.41, 5.74) is 0.923. The van der Waals surface area contributed by atoms with Crippen molar-refractivity contribution in [3.05, 3.63) is 64.6 Å². The molecule has 1 aliphatic rings. The lowest BCUT2D eigenvalue weighted by Crippen LogP contribution is -2.50. The smallest absolute Gasteiger partial charge is 0.241 e. The third kappa shape index (κ3) is 5.40. The van der Waals surface area contributed by atoms with Gasteiger partial charge in [-0.1, -0.05) is 46.3 Å². The third-order valence-electron chi connectivity index (χ3n) is 4.67. The molecule has 1 heterocycles. The number of hydrogen-bond donors (Lipinski definition) is 1. The predicted octanol–water partition coefficient (Wildman–Crippen LogP) is 3.35. The normalized spacial score (nSPS) is 16.1. The Morgan fingerprint density at radius 2 is 1.63 bits per heavy atom. The maximum Gasteiger partial charge on any atom is 0.241 e. The summed E-state index contributed by atoms with van der Waals surface area (Å²) in [7, 11) is -3.80. The Balaban J connectivity index is 1.84. The van der Waals surface area contributed by atoms with Crippen LogP contribution >= 0.6 is 15.9 Å². The van der Waals surface area contributed by atoms with E-state index >= 15 is 0 Å². The van der Waals surface area contributed by atoms with Crippen LogP contribution in [0.1, 0.15) is 24.8 Å². The summed E-state index contributed by atoms with van der Waals surface area (Å²) in [5.74, 6) is -0.153. The van der Waals surface area contributed by atoms with Gasteiger partial charge in [-0.3, -0.25) is 4.79 Å². The van der Waals surface area contributed by atoms with Crippen LogP contribution in [-0.2, 0) is 21.2 Å². The molecule has 2 aromatic carbocycles. The second-order valence-corrected chi connectivity index (χ2v) is 9.33. The third-order valence-corrected chi connectivity index (χ3v) is 6.69. The van der Waals surface area contributed by atoms with E-state index in [1.165, 1.54) is 12.1 Å². The van der Waals surface area contributed by atoms with E-state index in [4.69, 9.17) is 0 Å². The van der Waals surface area contributed by atoms with Crippen LogP contribution in [0, 0.1) is 0 Å². The maximum atomic E-state index is 13.1. The van der Waals surface area contributed by atoms with Gasteiger partial charge in [-0.25, -0.2) is 8.42 Å². The molecule has 3 rings (SSSR count). The lowest BCUT2D eigenvalue weighted by molar-refractivity contribution is -0.133. The summed E-state index contributed by atoms with van der Waals surface area (Å²) in [5, 5.41) is 0. The largest absolute Gasteiger partial charge is 0.341 e. The fraction of sp³-hybridized carbons (Fsp3) is 0.350. The number of benzene rings is 2. The predicted molar refractivity (Wildman–Crippen MR) is 109 cm³/mol. The van der Waals surface area contributed by atoms with Gasteiger partial charge in [0, 0.05) is 17.6 Å². The van der Waals surface area contributed by atoms with Crippen LogP contribution in [0.4, 0.5) is 0 Å². The van der Waals surface area contributed by atoms with Crippen LogP contribution in [0.5, 0.6) is 0 Å². The monoisotopic (exact) mass is 450 g/mol. The average Bonchev–Trinajstić information content (AvgIpc) is 2.68. The van der Waals surface area contributed by atoms with E-state index in [0.717, 1.165) is 29.3 Å². The lowest BCUT2D eigenvalue weighted by Gasteiger charge is -2.30. The molecule has 0 bridgehead atoms. The molecule has 0 aromatic heterocycles. The molecule has 2 aromatic rings. The second kappa shape index (κ2) is 8.99. The highest BCUT2D eigenvalue weighted by Gasteiger charge is 2.30. The summed E-state index contributed by atoms with van der Waals surface area (Å²) < 4.78 is 29.1. The molecule has 1 fully saturated rings. The van der Waals surface area contributed by atoms with E-state index in [1.54, 1.807) is 17.0 Å². The minimum Gasteiger partial charge on any atom is -0.341 e. The first-order valence-corrected chi connectivity index (χ1v) is 11.3. The van der Waals surface area contributed by atoms with Gasteiger partial charge >= 0.3 is 0 Å². The van der Waals surface area contributed by atoms with Crippen LogP contribution in [0.3, 0.4) is 0 Å². The van der Waals surface area contributed by atoms with Crippen molar-refractivity contribution in [2.75, 3.05) is 13.1 Å². The van der Waals surface area contributed by atoms with Crippen LogP contribution in [0.15, 0.2) is 64.0 Å². The number of carbonyl (C=O) groups excluding carboxylic acids is 1. The first-order valence-electron chi connectivity index (χ1n) is 9.06. The summed E-state index contributed by atoms with van der Waals surface area (Å²) in [6.45, 7) is 1.37. The number of carbonyl (C=O) groups is 1. The number of halogens is 1. The molecular formula is C20H23BrN2O3S. The van der Waals surface area contributed by atoms with E-state index in [9.17, 15) is 13.2 Å². The van der Waals surface area contributed by atoms with Crippen molar-refractivity contribution in [2.24, 2.45) is 0 Å². The molecule has 1 N–H and O–H groups in total. The first-order chi connectivity index (χ1) is 13.0. The zero-order valence-electron chi connectivity index (χ0n) is 15.0. The van der Waals surface area contributed by atoms with E-state index in [1.807, 2.05) is 30.3 Å². The standard InChI is InChI=1S/C20H23BrN2O3S/c21-17-9-11-18(12-10-17)27(25,26)22-19(15-16-7-3-1-4-8-16)20(24)23-13-5-2-6-14-23/h1,3-4,7-12,19,22H,2,5-6,13-15H2/t19-/m1/s1. The lowest BCUT2D eigenvalue weighted by atomic mass is 10.0. The van der Waals surface area contributed by atoms with E-state index < -0.39 is 16.1 Å². The van der Waals surface area contributed by atoms with E-state index in [2.05, 4.69) is 20.7 Å². The van der Waals surface area contributed by atoms with Gasteiger partial charge in [-0.2, -0.15) is 4.72 Å². The molecule has 5 nitrogen and oxygen atoms in total. The topological polar surface area (TPSA) is 66.5 Å². The average molecular weight is 451 g/mol. The Kier molecular flexibility index (Phi) is 6.68. The molecule has 0 aliphatic carbocycles. The number of nitrogens with one attached hydrogen (secondary N) is 1. The molecule has 27 heavy (non-hydrogen) atoms. The van der Waals surface area contributed by atoms with Crippen molar-refractivity contribution in [3.8, 4) is 0 Å². The van der Waals surface area contributed by atoms with Crippen molar-refractivity contribution in [1.29, 1.82) is 0 Å². The maximum absolute atomic E-state index is 13.1. The number of rotatable bonds is 6. The zero-order valence-corrected chi connectivity index (χ0v) is 17.4. The van der Waals surface area contributed by atoms with Crippen LogP contribution in [0.25, 0.3) is 0 Å². The number of amides is 1. The molecule has 0 spiro atoms. The highest BCUT2D eigenvalue weighted by Crippen LogP contribution is 2.17. The Labute approximate surface area is 169 Å². The van der Waals surface area contributed by atoms with Gasteiger partial charge in [0.05, 0.1) is 4.90 Å². The summed E-state index contributed by atoms with van der Waals surface area (Å²) in [4.78, 5) is 15.0. The van der Waals surface area contributed by atoms with Gasteiger partial charge in [0.2, 0.25) is 15.9 Å². The molecule has 144 valence electrons. The van der Waals surface area contributed by atoms with Crippen molar-refractivity contribution in [1.82, 2.24) is 9.62 Å². The molecule has 1 atom stereocenters. The molecule has 7 heteroatoms. The minimum atomic E-state index is -3.80. The van der Waals surface area contributed by atoms with Gasteiger partial charge in [0.15, 0.2) is 0 Å². The Hall–Kier alpha value is -1.70. The number of sulfonamides is 1. The quantitative estimate of drug-likeness (QED) is 0.733. The number of likely N-dealkylation sites (tertiary alicyclic amines) is 1. The van der Waals surface area contributed by atoms with Gasteiger partial charge in [-0.15, -0.1) is 0 Å². The number of hydrogen-bond acceptors (Lipinski definition) is 3. The van der Waals surface area contributed by atoms with E-state index in [-0.39, 0.29) is 10.8 Å². The summed E-state index contributed by atoms with van der Waals surface area (Å²) in [6, 6.07) is 15.1. The van der Waals surface area contributed by atoms with Crippen LogP contribution in [-0.4, -0.2) is 38.4 Å². The highest BCUT2D eigenvalue weighted by molar-refractivity contribution is 9.10. The summed E-state index contributed by atoms with van der Waals surface area (Å²) >= 11 is 3.31. The van der Waals surface area contributed by atoms with E-state index in [0.29, 0.717) is 19.5 Å². The van der Waals surface area contributed by atoms with Gasteiger partial charge in [-0.05, 0) is 55.5 Å². The Morgan fingerprint density at radius 3 is 2.26 bits per heavy atom. The summed E-state index contributed by atoms with van der Waals surface area (Å²) in [6.07, 6.45) is 3.36. The highest BCUT2D eigenvalue weighted by atomic mass is 79.9. The number of piperidine rings is 1. The van der Waals surface area contributed by atoms with Crippen molar-refractivity contribution < 1.29 is 13.2 Å². The molecule has 0 radical (unpaired) electrons. The molecule has 0 saturated carbocycles. The Bertz CT molecular complexity index is 864.